The van der Waals surface area contributed by atoms with Gasteiger partial charge in [0.2, 0.25) is 11.9 Å². The van der Waals surface area contributed by atoms with Crippen LogP contribution < -0.4 is 10.2 Å². The Kier molecular flexibility index (Phi) is 10.4. The normalized spacial score (nSPS) is 16.4. The molecule has 0 bridgehead atoms. The lowest BCUT2D eigenvalue weighted by molar-refractivity contribution is -0.128. The monoisotopic (exact) mass is 686 g/mol. The quantitative estimate of drug-likeness (QED) is 0.119. The number of alkyl halides is 1. The van der Waals surface area contributed by atoms with Crippen LogP contribution >= 0.6 is 27.5 Å². The summed E-state index contributed by atoms with van der Waals surface area (Å²) in [4.78, 5) is 31.9. The van der Waals surface area contributed by atoms with Gasteiger partial charge in [0, 0.05) is 17.4 Å². The highest BCUT2D eigenvalue weighted by atomic mass is 79.9. The fourth-order valence-corrected chi connectivity index (χ4v) is 7.17. The molecule has 7 nitrogen and oxygen atoms in total. The van der Waals surface area contributed by atoms with Gasteiger partial charge >= 0.3 is 0 Å². The molecule has 1 amide bonds. The number of anilines is 3. The van der Waals surface area contributed by atoms with Gasteiger partial charge in [0.05, 0.1) is 46.1 Å². The summed E-state index contributed by atoms with van der Waals surface area (Å²) in [5.74, 6) is 0.650. The van der Waals surface area contributed by atoms with E-state index in [4.69, 9.17) is 16.6 Å². The van der Waals surface area contributed by atoms with E-state index < -0.39 is 0 Å². The van der Waals surface area contributed by atoms with E-state index in [1.165, 1.54) is 32.1 Å². The number of unbranched alkanes of at least 4 members (excludes halogenated alkanes) is 4. The molecule has 2 fully saturated rings. The van der Waals surface area contributed by atoms with Gasteiger partial charge in [-0.05, 0) is 75.0 Å². The number of carbonyl (C=O) groups is 1. The number of hydrogen-bond donors (Lipinski definition) is 1. The highest BCUT2D eigenvalue weighted by Gasteiger charge is 2.48. The minimum atomic E-state index is -0.252. The molecule has 0 atom stereocenters. The number of piperidine rings is 1. The summed E-state index contributed by atoms with van der Waals surface area (Å²) in [6, 6.07) is 20.4. The molecule has 2 aliphatic heterocycles. The van der Waals surface area contributed by atoms with E-state index in [1.54, 1.807) is 18.6 Å². The molecular formula is C36H40BrClN6O. The molecule has 2 saturated heterocycles. The third-order valence-electron chi connectivity index (χ3n) is 9.21. The molecule has 2 aromatic heterocycles. The van der Waals surface area contributed by atoms with E-state index in [1.807, 2.05) is 41.3 Å². The van der Waals surface area contributed by atoms with Gasteiger partial charge in [-0.3, -0.25) is 9.78 Å². The smallest absolute Gasteiger partial charge is 0.233 e. The molecule has 9 heteroatoms. The topological polar surface area (TPSA) is 74.2 Å². The van der Waals surface area contributed by atoms with Crippen LogP contribution in [0.3, 0.4) is 0 Å². The summed E-state index contributed by atoms with van der Waals surface area (Å²) in [5.41, 5.74) is 5.04. The van der Waals surface area contributed by atoms with Gasteiger partial charge < -0.3 is 15.1 Å². The van der Waals surface area contributed by atoms with Crippen LogP contribution in [0.25, 0.3) is 22.4 Å². The van der Waals surface area contributed by atoms with E-state index in [2.05, 4.69) is 60.4 Å². The number of carbonyl (C=O) groups excluding carboxylic acids is 1. The minimum Gasteiger partial charge on any atom is -0.323 e. The van der Waals surface area contributed by atoms with E-state index in [-0.39, 0.29) is 11.3 Å². The van der Waals surface area contributed by atoms with Gasteiger partial charge in [-0.25, -0.2) is 9.97 Å². The maximum Gasteiger partial charge on any atom is 0.233 e. The average molecular weight is 688 g/mol. The molecule has 2 aliphatic rings. The first-order valence-corrected chi connectivity index (χ1v) is 17.6. The molecule has 0 saturated carbocycles. The Balaban J connectivity index is 1.09. The molecule has 1 spiro atoms. The molecular weight excluding hydrogens is 648 g/mol. The number of pyridine rings is 1. The molecule has 4 aromatic rings. The minimum absolute atomic E-state index is 0.235. The summed E-state index contributed by atoms with van der Waals surface area (Å²) in [5, 5.41) is 4.87. The van der Waals surface area contributed by atoms with Crippen molar-refractivity contribution < 1.29 is 4.79 Å². The van der Waals surface area contributed by atoms with Crippen LogP contribution in [0.15, 0.2) is 79.3 Å². The second-order valence-corrected chi connectivity index (χ2v) is 13.4. The zero-order valence-electron chi connectivity index (χ0n) is 25.6. The Bertz CT molecular complexity index is 1590. The van der Waals surface area contributed by atoms with Gasteiger partial charge in [0.15, 0.2) is 0 Å². The third-order valence-corrected chi connectivity index (χ3v) is 10.1. The standard InChI is InChI=1S/C36H40BrClN6O/c37-17-7-2-1-3-8-18-43-19-14-36(15-20-43)16-21-44(34(36)45)31-23-30(24-39-25-31)41-35-40-26-32(38)33(42-35)29-13-9-12-28(22-29)27-10-5-4-6-11-27/h4-6,9-13,22-26H,1-3,7-8,14-21H2,(H,40,41,42). The lowest BCUT2D eigenvalue weighted by Gasteiger charge is -2.38. The van der Waals surface area contributed by atoms with Gasteiger partial charge in [0.25, 0.3) is 0 Å². The highest BCUT2D eigenvalue weighted by molar-refractivity contribution is 9.09. The van der Waals surface area contributed by atoms with Gasteiger partial charge in [-0.15, -0.1) is 0 Å². The largest absolute Gasteiger partial charge is 0.323 e. The van der Waals surface area contributed by atoms with Crippen LogP contribution in [-0.2, 0) is 4.79 Å². The Morgan fingerprint density at radius 1 is 0.822 bits per heavy atom. The third kappa shape index (κ3) is 7.56. The molecule has 6 rings (SSSR count). The predicted octanol–water partition coefficient (Wildman–Crippen LogP) is 8.77. The Morgan fingerprint density at radius 3 is 2.38 bits per heavy atom. The maximum atomic E-state index is 13.8. The lowest BCUT2D eigenvalue weighted by Crippen LogP contribution is -2.45. The van der Waals surface area contributed by atoms with Gasteiger partial charge in [-0.1, -0.05) is 95.3 Å². The van der Waals surface area contributed by atoms with Crippen molar-refractivity contribution in [3.05, 3.63) is 84.3 Å². The number of likely N-dealkylation sites (tertiary alicyclic amines) is 1. The van der Waals surface area contributed by atoms with Gasteiger partial charge in [0.1, 0.15) is 0 Å². The van der Waals surface area contributed by atoms with Crippen molar-refractivity contribution in [1.29, 1.82) is 0 Å². The average Bonchev–Trinajstić information content (AvgIpc) is 3.39. The SMILES string of the molecule is O=C1N(c2cncc(Nc3ncc(Cl)c(-c4cccc(-c5ccccc5)c4)n3)c2)CCC12CCN(CCCCCCCBr)CC2. The first-order chi connectivity index (χ1) is 22.0. The predicted molar refractivity (Wildman–Crippen MR) is 187 cm³/mol. The molecule has 4 heterocycles. The molecule has 45 heavy (non-hydrogen) atoms. The fraction of sp³-hybridized carbons (Fsp3) is 0.389. The Morgan fingerprint density at radius 2 is 1.56 bits per heavy atom. The number of rotatable bonds is 12. The van der Waals surface area contributed by atoms with E-state index in [0.717, 1.165) is 78.8 Å². The number of nitrogens with zero attached hydrogens (tertiary/aromatic N) is 5. The molecule has 0 radical (unpaired) electrons. The van der Waals surface area contributed by atoms with Crippen LogP contribution in [0.2, 0.25) is 5.02 Å². The van der Waals surface area contributed by atoms with Crippen LogP contribution in [0.1, 0.15) is 51.4 Å². The summed E-state index contributed by atoms with van der Waals surface area (Å²) in [7, 11) is 0. The lowest BCUT2D eigenvalue weighted by atomic mass is 9.77. The van der Waals surface area contributed by atoms with E-state index in [9.17, 15) is 4.79 Å². The second-order valence-electron chi connectivity index (χ2n) is 12.2. The van der Waals surface area contributed by atoms with Crippen LogP contribution in [0.4, 0.5) is 17.3 Å². The first-order valence-electron chi connectivity index (χ1n) is 16.1. The van der Waals surface area contributed by atoms with Crippen LogP contribution in [-0.4, -0.2) is 57.3 Å². The van der Waals surface area contributed by atoms with Crippen molar-refractivity contribution >= 4 is 50.8 Å². The summed E-state index contributed by atoms with van der Waals surface area (Å²) >= 11 is 10.1. The summed E-state index contributed by atoms with van der Waals surface area (Å²) in [6.45, 7) is 3.88. The van der Waals surface area contributed by atoms with Crippen LogP contribution in [0.5, 0.6) is 0 Å². The molecule has 234 valence electrons. The number of benzene rings is 2. The summed E-state index contributed by atoms with van der Waals surface area (Å²) < 4.78 is 0. The Hall–Kier alpha value is -3.33. The van der Waals surface area contributed by atoms with E-state index in [0.29, 0.717) is 16.7 Å². The number of aromatic nitrogens is 3. The van der Waals surface area contributed by atoms with E-state index >= 15 is 0 Å². The van der Waals surface area contributed by atoms with Crippen molar-refractivity contribution in [3.8, 4) is 22.4 Å². The van der Waals surface area contributed by atoms with Crippen molar-refractivity contribution in [2.24, 2.45) is 5.41 Å². The van der Waals surface area contributed by atoms with Gasteiger partial charge in [-0.2, -0.15) is 0 Å². The fourth-order valence-electron chi connectivity index (χ4n) is 6.58. The number of amides is 1. The molecule has 2 aromatic carbocycles. The molecule has 1 N–H and O–H groups in total. The van der Waals surface area contributed by atoms with Crippen molar-refractivity contribution in [2.45, 2.75) is 51.4 Å². The van der Waals surface area contributed by atoms with Crippen molar-refractivity contribution in [3.63, 3.8) is 0 Å². The Labute approximate surface area is 279 Å². The maximum absolute atomic E-state index is 13.8. The summed E-state index contributed by atoms with van der Waals surface area (Å²) in [6.07, 6.45) is 14.3. The zero-order valence-corrected chi connectivity index (χ0v) is 27.9. The van der Waals surface area contributed by atoms with Crippen molar-refractivity contribution in [1.82, 2.24) is 19.9 Å². The highest BCUT2D eigenvalue weighted by Crippen LogP contribution is 2.43. The molecule has 0 unspecified atom stereocenters. The number of nitrogens with one attached hydrogen (secondary N) is 1. The second kappa shape index (κ2) is 14.8. The first kappa shape index (κ1) is 31.6. The van der Waals surface area contributed by atoms with Crippen LogP contribution in [0, 0.1) is 5.41 Å². The number of halogens is 2. The van der Waals surface area contributed by atoms with Crippen molar-refractivity contribution in [2.75, 3.05) is 41.7 Å². The zero-order chi connectivity index (χ0) is 31.1. The number of hydrogen-bond acceptors (Lipinski definition) is 6. The molecule has 0 aliphatic carbocycles.